The van der Waals surface area contributed by atoms with Gasteiger partial charge in [-0.2, -0.15) is 0 Å². The van der Waals surface area contributed by atoms with Crippen LogP contribution in [0.25, 0.3) is 0 Å². The minimum absolute atomic E-state index is 0.0172. The number of nitrogens with one attached hydrogen (secondary N) is 1. The highest BCUT2D eigenvalue weighted by molar-refractivity contribution is 5.90. The van der Waals surface area contributed by atoms with Crippen molar-refractivity contribution in [1.29, 1.82) is 0 Å². The van der Waals surface area contributed by atoms with E-state index in [-0.39, 0.29) is 5.91 Å². The molecule has 0 aromatic heterocycles. The van der Waals surface area contributed by atoms with Crippen LogP contribution in [0.1, 0.15) is 12.0 Å². The third-order valence-electron chi connectivity index (χ3n) is 2.68. The highest BCUT2D eigenvalue weighted by Gasteiger charge is 2.02. The fourth-order valence-electron chi connectivity index (χ4n) is 1.69. The molecule has 0 fully saturated rings. The molecule has 0 unspecified atom stereocenters. The van der Waals surface area contributed by atoms with Gasteiger partial charge in [0.15, 0.2) is 0 Å². The quantitative estimate of drug-likeness (QED) is 0.807. The fraction of sp³-hybridized carbons (Fsp3) is 0.133. The van der Waals surface area contributed by atoms with Crippen LogP contribution in [-0.2, 0) is 11.2 Å². The number of carbonyl (C=O) groups is 1. The predicted molar refractivity (Wildman–Crippen MR) is 74.2 cm³/mol. The smallest absolute Gasteiger partial charge is 0.224 e. The van der Waals surface area contributed by atoms with Crippen LogP contribution >= 0.6 is 0 Å². The van der Waals surface area contributed by atoms with Crippen molar-refractivity contribution < 1.29 is 4.79 Å². The molecular weight excluding hydrogens is 224 g/mol. The zero-order valence-corrected chi connectivity index (χ0v) is 10.1. The Kier molecular flexibility index (Phi) is 3.97. The van der Waals surface area contributed by atoms with E-state index in [0.717, 1.165) is 12.1 Å². The lowest BCUT2D eigenvalue weighted by atomic mass is 10.1. The molecule has 0 heterocycles. The van der Waals surface area contributed by atoms with Gasteiger partial charge in [-0.1, -0.05) is 30.3 Å². The monoisotopic (exact) mass is 240 g/mol. The van der Waals surface area contributed by atoms with Gasteiger partial charge in [-0.25, -0.2) is 0 Å². The molecule has 2 aromatic rings. The zero-order valence-electron chi connectivity index (χ0n) is 10.1. The average Bonchev–Trinajstić information content (AvgIpc) is 2.40. The molecule has 0 saturated carbocycles. The molecule has 3 nitrogen and oxygen atoms in total. The molecule has 3 heteroatoms. The van der Waals surface area contributed by atoms with E-state index in [0.29, 0.717) is 12.1 Å². The van der Waals surface area contributed by atoms with E-state index in [9.17, 15) is 4.79 Å². The van der Waals surface area contributed by atoms with Gasteiger partial charge in [0.25, 0.3) is 0 Å². The lowest BCUT2D eigenvalue weighted by Gasteiger charge is -2.05. The van der Waals surface area contributed by atoms with Crippen LogP contribution < -0.4 is 11.1 Å². The van der Waals surface area contributed by atoms with Crippen molar-refractivity contribution in [3.05, 3.63) is 60.2 Å². The van der Waals surface area contributed by atoms with Crippen LogP contribution in [0, 0.1) is 0 Å². The third-order valence-corrected chi connectivity index (χ3v) is 2.68. The molecule has 0 aliphatic heterocycles. The first kappa shape index (κ1) is 12.2. The van der Waals surface area contributed by atoms with E-state index in [1.807, 2.05) is 30.3 Å². The van der Waals surface area contributed by atoms with Gasteiger partial charge in [0.2, 0.25) is 5.91 Å². The van der Waals surface area contributed by atoms with E-state index < -0.39 is 0 Å². The molecule has 2 rings (SSSR count). The number of anilines is 2. The molecule has 0 saturated heterocycles. The van der Waals surface area contributed by atoms with Gasteiger partial charge in [0.1, 0.15) is 0 Å². The number of nitrogens with two attached hydrogens (primary N) is 1. The number of nitrogen functional groups attached to an aromatic ring is 1. The van der Waals surface area contributed by atoms with E-state index >= 15 is 0 Å². The fourth-order valence-corrected chi connectivity index (χ4v) is 1.69. The maximum Gasteiger partial charge on any atom is 0.224 e. The molecule has 1 amide bonds. The number of rotatable bonds is 4. The lowest BCUT2D eigenvalue weighted by Crippen LogP contribution is -2.12. The molecule has 0 spiro atoms. The van der Waals surface area contributed by atoms with Crippen LogP contribution in [0.2, 0.25) is 0 Å². The van der Waals surface area contributed by atoms with Crippen molar-refractivity contribution in [3.63, 3.8) is 0 Å². The van der Waals surface area contributed by atoms with Crippen LogP contribution in [0.5, 0.6) is 0 Å². The third kappa shape index (κ3) is 3.63. The number of aryl methyl sites for hydroxylation is 1. The molecule has 0 aliphatic carbocycles. The normalized spacial score (nSPS) is 10.0. The summed E-state index contributed by atoms with van der Waals surface area (Å²) in [6.07, 6.45) is 1.23. The van der Waals surface area contributed by atoms with Gasteiger partial charge in [0.05, 0.1) is 0 Å². The van der Waals surface area contributed by atoms with Gasteiger partial charge >= 0.3 is 0 Å². The standard InChI is InChI=1S/C15H16N2O/c16-13-7-9-14(10-8-13)17-15(18)11-6-12-4-2-1-3-5-12/h1-5,7-10H,6,11,16H2,(H,17,18). The second-order valence-electron chi connectivity index (χ2n) is 4.16. The minimum Gasteiger partial charge on any atom is -0.399 e. The van der Waals surface area contributed by atoms with Crippen LogP contribution in [0.3, 0.4) is 0 Å². The van der Waals surface area contributed by atoms with E-state index in [4.69, 9.17) is 5.73 Å². The Morgan fingerprint density at radius 3 is 2.33 bits per heavy atom. The highest BCUT2D eigenvalue weighted by atomic mass is 16.1. The van der Waals surface area contributed by atoms with Gasteiger partial charge < -0.3 is 11.1 Å². The van der Waals surface area contributed by atoms with Gasteiger partial charge in [-0.15, -0.1) is 0 Å². The molecule has 18 heavy (non-hydrogen) atoms. The molecule has 3 N–H and O–H groups in total. The van der Waals surface area contributed by atoms with Crippen molar-refractivity contribution in [2.45, 2.75) is 12.8 Å². The Hall–Kier alpha value is -2.29. The van der Waals surface area contributed by atoms with Crippen LogP contribution in [0.4, 0.5) is 11.4 Å². The van der Waals surface area contributed by atoms with Crippen molar-refractivity contribution in [2.75, 3.05) is 11.1 Å². The molecule has 0 bridgehead atoms. The van der Waals surface area contributed by atoms with Crippen molar-refractivity contribution in [3.8, 4) is 0 Å². The summed E-state index contributed by atoms with van der Waals surface area (Å²) in [7, 11) is 0. The van der Waals surface area contributed by atoms with Crippen molar-refractivity contribution in [2.24, 2.45) is 0 Å². The first-order chi connectivity index (χ1) is 8.74. The van der Waals surface area contributed by atoms with Crippen molar-refractivity contribution >= 4 is 17.3 Å². The minimum atomic E-state index is 0.0172. The maximum absolute atomic E-state index is 11.7. The average molecular weight is 240 g/mol. The van der Waals surface area contributed by atoms with E-state index in [2.05, 4.69) is 5.32 Å². The van der Waals surface area contributed by atoms with Crippen LogP contribution in [0.15, 0.2) is 54.6 Å². The number of benzene rings is 2. The number of carbonyl (C=O) groups excluding carboxylic acids is 1. The molecule has 0 aliphatic rings. The maximum atomic E-state index is 11.7. The summed E-state index contributed by atoms with van der Waals surface area (Å²) in [5.41, 5.74) is 8.22. The lowest BCUT2D eigenvalue weighted by molar-refractivity contribution is -0.116. The summed E-state index contributed by atoms with van der Waals surface area (Å²) >= 11 is 0. The van der Waals surface area contributed by atoms with Crippen molar-refractivity contribution in [1.82, 2.24) is 0 Å². The SMILES string of the molecule is Nc1ccc(NC(=O)CCc2ccccc2)cc1. The second-order valence-corrected chi connectivity index (χ2v) is 4.16. The first-order valence-electron chi connectivity index (χ1n) is 5.93. The summed E-state index contributed by atoms with van der Waals surface area (Å²) in [6.45, 7) is 0. The second kappa shape index (κ2) is 5.87. The Labute approximate surface area is 107 Å². The Balaban J connectivity index is 1.84. The van der Waals surface area contributed by atoms with Crippen LogP contribution in [-0.4, -0.2) is 5.91 Å². The summed E-state index contributed by atoms with van der Waals surface area (Å²) in [5.74, 6) is 0.0172. The van der Waals surface area contributed by atoms with E-state index in [1.54, 1.807) is 24.3 Å². The molecule has 0 radical (unpaired) electrons. The van der Waals surface area contributed by atoms with Gasteiger partial charge in [-0.05, 0) is 36.2 Å². The van der Waals surface area contributed by atoms with Gasteiger partial charge in [-0.3, -0.25) is 4.79 Å². The summed E-state index contributed by atoms with van der Waals surface area (Å²) < 4.78 is 0. The number of hydrogen-bond acceptors (Lipinski definition) is 2. The first-order valence-corrected chi connectivity index (χ1v) is 5.93. The number of amides is 1. The molecule has 92 valence electrons. The topological polar surface area (TPSA) is 55.1 Å². The Morgan fingerprint density at radius 2 is 1.67 bits per heavy atom. The summed E-state index contributed by atoms with van der Waals surface area (Å²) in [4.78, 5) is 11.7. The largest absolute Gasteiger partial charge is 0.399 e. The summed E-state index contributed by atoms with van der Waals surface area (Å²) in [6, 6.07) is 17.1. The predicted octanol–water partition coefficient (Wildman–Crippen LogP) is 2.84. The molecule has 0 atom stereocenters. The molecule has 2 aromatic carbocycles. The Bertz CT molecular complexity index is 506. The van der Waals surface area contributed by atoms with Gasteiger partial charge in [0, 0.05) is 17.8 Å². The number of hydrogen-bond donors (Lipinski definition) is 2. The Morgan fingerprint density at radius 1 is 1.00 bits per heavy atom. The zero-order chi connectivity index (χ0) is 12.8. The summed E-state index contributed by atoms with van der Waals surface area (Å²) in [5, 5.41) is 2.84. The van der Waals surface area contributed by atoms with E-state index in [1.165, 1.54) is 5.56 Å². The molecular formula is C15H16N2O. The highest BCUT2D eigenvalue weighted by Crippen LogP contribution is 2.11.